The molecule has 6 heteroatoms. The summed E-state index contributed by atoms with van der Waals surface area (Å²) in [5.74, 6) is 0. The first-order chi connectivity index (χ1) is 8.50. The Hall–Kier alpha value is -0.850. The van der Waals surface area contributed by atoms with Gasteiger partial charge >= 0.3 is 0 Å². The zero-order chi connectivity index (χ0) is 13.3. The van der Waals surface area contributed by atoms with E-state index in [0.717, 1.165) is 16.2 Å². The maximum absolute atomic E-state index is 12.3. The SMILES string of the molecule is CCN=C1SN(CC)S(=O)(=O)c2ccc(C)cc21. The largest absolute Gasteiger partial charge is 0.277 e. The van der Waals surface area contributed by atoms with Gasteiger partial charge in [0.1, 0.15) is 5.04 Å². The number of nitrogens with zero attached hydrogens (tertiary/aromatic N) is 2. The highest BCUT2D eigenvalue weighted by Gasteiger charge is 2.34. The molecule has 0 saturated carbocycles. The Kier molecular flexibility index (Phi) is 3.79. The van der Waals surface area contributed by atoms with E-state index in [1.807, 2.05) is 32.9 Å². The predicted octanol–water partition coefficient (Wildman–Crippen LogP) is 2.43. The Morgan fingerprint density at radius 3 is 2.67 bits per heavy atom. The molecule has 0 amide bonds. The van der Waals surface area contributed by atoms with Crippen LogP contribution in [0.5, 0.6) is 0 Å². The van der Waals surface area contributed by atoms with Crippen molar-refractivity contribution in [2.75, 3.05) is 13.1 Å². The lowest BCUT2D eigenvalue weighted by atomic mass is 10.1. The van der Waals surface area contributed by atoms with Crippen LogP contribution >= 0.6 is 11.9 Å². The van der Waals surface area contributed by atoms with Gasteiger partial charge in [-0.05, 0) is 37.9 Å². The molecular formula is C12H16N2O2S2. The van der Waals surface area contributed by atoms with Crippen molar-refractivity contribution < 1.29 is 8.42 Å². The number of benzene rings is 1. The molecule has 1 aliphatic heterocycles. The molecule has 1 aromatic rings. The summed E-state index contributed by atoms with van der Waals surface area (Å²) in [6.07, 6.45) is 0. The quantitative estimate of drug-likeness (QED) is 0.784. The van der Waals surface area contributed by atoms with Gasteiger partial charge in [0.2, 0.25) is 0 Å². The minimum atomic E-state index is -3.39. The normalized spacial score (nSPS) is 20.9. The Morgan fingerprint density at radius 1 is 1.33 bits per heavy atom. The van der Waals surface area contributed by atoms with Gasteiger partial charge in [0.15, 0.2) is 0 Å². The van der Waals surface area contributed by atoms with Gasteiger partial charge in [-0.3, -0.25) is 4.99 Å². The summed E-state index contributed by atoms with van der Waals surface area (Å²) in [5, 5.41) is 0.785. The van der Waals surface area contributed by atoms with E-state index in [9.17, 15) is 8.42 Å². The average molecular weight is 284 g/mol. The third kappa shape index (κ3) is 2.20. The van der Waals surface area contributed by atoms with E-state index in [1.165, 1.54) is 15.7 Å². The van der Waals surface area contributed by atoms with Crippen LogP contribution in [-0.2, 0) is 10.0 Å². The summed E-state index contributed by atoms with van der Waals surface area (Å²) in [7, 11) is -3.39. The first-order valence-electron chi connectivity index (χ1n) is 5.87. The van der Waals surface area contributed by atoms with Crippen molar-refractivity contribution in [2.45, 2.75) is 25.7 Å². The first-order valence-corrected chi connectivity index (χ1v) is 8.08. The van der Waals surface area contributed by atoms with Crippen LogP contribution in [-0.4, -0.2) is 30.3 Å². The Balaban J connectivity index is 2.69. The number of rotatable bonds is 2. The number of fused-ring (bicyclic) bond motifs is 1. The highest BCUT2D eigenvalue weighted by Crippen LogP contribution is 2.35. The second kappa shape index (κ2) is 5.03. The number of aryl methyl sites for hydroxylation is 1. The van der Waals surface area contributed by atoms with Crippen molar-refractivity contribution in [1.82, 2.24) is 3.71 Å². The summed E-state index contributed by atoms with van der Waals surface area (Å²) >= 11 is 1.21. The van der Waals surface area contributed by atoms with Crippen molar-refractivity contribution >= 4 is 27.0 Å². The second-order valence-electron chi connectivity index (χ2n) is 3.99. The van der Waals surface area contributed by atoms with Crippen LogP contribution in [0.3, 0.4) is 0 Å². The lowest BCUT2D eigenvalue weighted by Gasteiger charge is -2.27. The molecule has 0 aromatic heterocycles. The van der Waals surface area contributed by atoms with Crippen LogP contribution in [0.25, 0.3) is 0 Å². The minimum absolute atomic E-state index is 0.362. The molecule has 0 unspecified atom stereocenters. The van der Waals surface area contributed by atoms with Gasteiger partial charge in [0.25, 0.3) is 10.0 Å². The Morgan fingerprint density at radius 2 is 2.06 bits per heavy atom. The summed E-state index contributed by atoms with van der Waals surface area (Å²) in [6.45, 7) is 6.80. The van der Waals surface area contributed by atoms with Gasteiger partial charge in [-0.2, -0.15) is 0 Å². The molecule has 0 aliphatic carbocycles. The van der Waals surface area contributed by atoms with Crippen LogP contribution in [0, 0.1) is 6.92 Å². The molecule has 2 rings (SSSR count). The third-order valence-electron chi connectivity index (χ3n) is 2.66. The molecule has 0 radical (unpaired) electrons. The number of aliphatic imine (C=N–C) groups is 1. The summed E-state index contributed by atoms with van der Waals surface area (Å²) < 4.78 is 26.1. The lowest BCUT2D eigenvalue weighted by molar-refractivity contribution is 0.549. The molecule has 0 spiro atoms. The molecule has 0 saturated heterocycles. The molecule has 0 N–H and O–H groups in total. The smallest absolute Gasteiger partial charge is 0.253 e. The van der Waals surface area contributed by atoms with Gasteiger partial charge in [-0.1, -0.05) is 18.6 Å². The lowest BCUT2D eigenvalue weighted by Crippen LogP contribution is -2.32. The van der Waals surface area contributed by atoms with E-state index in [2.05, 4.69) is 4.99 Å². The van der Waals surface area contributed by atoms with Crippen LogP contribution in [0.1, 0.15) is 25.0 Å². The average Bonchev–Trinajstić information content (AvgIpc) is 2.32. The van der Waals surface area contributed by atoms with Crippen molar-refractivity contribution in [2.24, 2.45) is 4.99 Å². The molecule has 4 nitrogen and oxygen atoms in total. The van der Waals surface area contributed by atoms with Crippen LogP contribution < -0.4 is 0 Å². The predicted molar refractivity (Wildman–Crippen MR) is 75.4 cm³/mol. The van der Waals surface area contributed by atoms with E-state index in [-0.39, 0.29) is 0 Å². The van der Waals surface area contributed by atoms with Gasteiger partial charge in [-0.15, -0.1) is 3.71 Å². The van der Waals surface area contributed by atoms with Gasteiger partial charge in [0.05, 0.1) is 4.90 Å². The fourth-order valence-corrected chi connectivity index (χ4v) is 4.75. The van der Waals surface area contributed by atoms with Crippen molar-refractivity contribution in [3.63, 3.8) is 0 Å². The third-order valence-corrected chi connectivity index (χ3v) is 6.16. The Labute approximate surface area is 112 Å². The summed E-state index contributed by atoms with van der Waals surface area (Å²) in [5.41, 5.74) is 1.77. The van der Waals surface area contributed by atoms with Gasteiger partial charge in [-0.25, -0.2) is 8.42 Å². The zero-order valence-electron chi connectivity index (χ0n) is 10.7. The van der Waals surface area contributed by atoms with Crippen LogP contribution in [0.2, 0.25) is 0 Å². The summed E-state index contributed by atoms with van der Waals surface area (Å²) in [4.78, 5) is 4.77. The van der Waals surface area contributed by atoms with Crippen LogP contribution in [0.15, 0.2) is 28.1 Å². The van der Waals surface area contributed by atoms with Crippen molar-refractivity contribution in [3.05, 3.63) is 29.3 Å². The zero-order valence-corrected chi connectivity index (χ0v) is 12.3. The maximum atomic E-state index is 12.3. The highest BCUT2D eigenvalue weighted by molar-refractivity contribution is 8.19. The van der Waals surface area contributed by atoms with E-state index in [1.54, 1.807) is 6.07 Å². The number of hydrogen-bond acceptors (Lipinski definition) is 4. The maximum Gasteiger partial charge on any atom is 0.253 e. The minimum Gasteiger partial charge on any atom is -0.277 e. The molecule has 1 aromatic carbocycles. The van der Waals surface area contributed by atoms with E-state index >= 15 is 0 Å². The molecule has 1 aliphatic rings. The molecule has 0 atom stereocenters. The monoisotopic (exact) mass is 284 g/mol. The molecule has 1 heterocycles. The van der Waals surface area contributed by atoms with Crippen molar-refractivity contribution in [3.8, 4) is 0 Å². The molecular weight excluding hydrogens is 268 g/mol. The fraction of sp³-hybridized carbons (Fsp3) is 0.417. The molecule has 0 fully saturated rings. The van der Waals surface area contributed by atoms with Gasteiger partial charge < -0.3 is 0 Å². The van der Waals surface area contributed by atoms with Crippen LogP contribution in [0.4, 0.5) is 0 Å². The second-order valence-corrected chi connectivity index (χ2v) is 7.07. The number of hydrogen-bond donors (Lipinski definition) is 0. The number of sulfonamides is 1. The molecule has 0 bridgehead atoms. The summed E-state index contributed by atoms with van der Waals surface area (Å²) in [6, 6.07) is 5.39. The van der Waals surface area contributed by atoms with E-state index < -0.39 is 10.0 Å². The fourth-order valence-electron chi connectivity index (χ4n) is 1.83. The standard InChI is InChI=1S/C12H16N2O2S2/c1-4-13-12-10-8-9(3)6-7-11(10)18(15,16)14(5-2)17-12/h6-8H,4-5H2,1-3H3. The highest BCUT2D eigenvalue weighted by atomic mass is 32.3. The van der Waals surface area contributed by atoms with E-state index in [0.29, 0.717) is 18.0 Å². The Bertz CT molecular complexity index is 594. The topological polar surface area (TPSA) is 49.7 Å². The first kappa shape index (κ1) is 13.6. The molecule has 18 heavy (non-hydrogen) atoms. The molecule has 98 valence electrons. The van der Waals surface area contributed by atoms with Crippen molar-refractivity contribution in [1.29, 1.82) is 0 Å². The van der Waals surface area contributed by atoms with Gasteiger partial charge in [0, 0.05) is 18.7 Å². The van der Waals surface area contributed by atoms with E-state index in [4.69, 9.17) is 0 Å².